The summed E-state index contributed by atoms with van der Waals surface area (Å²) in [5.41, 5.74) is 0. The monoisotopic (exact) mass is 314 g/mol. The topological polar surface area (TPSA) is 34.1 Å². The van der Waals surface area contributed by atoms with Gasteiger partial charge in [-0.1, -0.05) is 12.1 Å². The van der Waals surface area contributed by atoms with Crippen molar-refractivity contribution in [3.8, 4) is 0 Å². The number of hydrogen-bond acceptors (Lipinski definition) is 6. The van der Waals surface area contributed by atoms with E-state index in [1.54, 1.807) is 22.7 Å². The molecule has 0 spiro atoms. The van der Waals surface area contributed by atoms with Crippen molar-refractivity contribution in [2.75, 3.05) is 0 Å². The van der Waals surface area contributed by atoms with Crippen LogP contribution in [0.4, 0.5) is 0 Å². The summed E-state index contributed by atoms with van der Waals surface area (Å²) in [5.74, 6) is 0. The molecule has 0 fully saturated rings. The van der Waals surface area contributed by atoms with Crippen LogP contribution in [-0.2, 0) is 22.4 Å². The van der Waals surface area contributed by atoms with Crippen molar-refractivity contribution in [1.82, 2.24) is 0 Å². The zero-order valence-corrected chi connectivity index (χ0v) is 12.6. The van der Waals surface area contributed by atoms with Crippen molar-refractivity contribution < 1.29 is 9.59 Å². The van der Waals surface area contributed by atoms with Crippen LogP contribution in [0.15, 0.2) is 35.0 Å². The molecule has 0 aliphatic carbocycles. The maximum atomic E-state index is 11.6. The van der Waals surface area contributed by atoms with Crippen molar-refractivity contribution >= 4 is 54.5 Å². The van der Waals surface area contributed by atoms with E-state index in [9.17, 15) is 9.59 Å². The minimum Gasteiger partial charge on any atom is -0.286 e. The first-order chi connectivity index (χ1) is 8.74. The third kappa shape index (κ3) is 4.61. The largest absolute Gasteiger partial charge is 0.286 e. The van der Waals surface area contributed by atoms with Gasteiger partial charge in [-0.05, 0) is 44.5 Å². The van der Waals surface area contributed by atoms with E-state index in [2.05, 4.69) is 0 Å². The molecule has 0 aliphatic rings. The van der Waals surface area contributed by atoms with E-state index in [4.69, 9.17) is 0 Å². The lowest BCUT2D eigenvalue weighted by molar-refractivity contribution is -0.111. The van der Waals surface area contributed by atoms with Crippen LogP contribution >= 0.6 is 44.3 Å². The van der Waals surface area contributed by atoms with Crippen LogP contribution in [0.25, 0.3) is 0 Å². The van der Waals surface area contributed by atoms with E-state index in [0.29, 0.717) is 12.8 Å². The maximum Gasteiger partial charge on any atom is 0.205 e. The molecule has 0 N–H and O–H groups in total. The Balaban J connectivity index is 1.71. The van der Waals surface area contributed by atoms with Crippen molar-refractivity contribution in [3.05, 3.63) is 44.8 Å². The van der Waals surface area contributed by atoms with Crippen LogP contribution in [0.5, 0.6) is 0 Å². The van der Waals surface area contributed by atoms with Crippen LogP contribution in [0.3, 0.4) is 0 Å². The molecule has 2 nitrogen and oxygen atoms in total. The fourth-order valence-electron chi connectivity index (χ4n) is 1.26. The van der Waals surface area contributed by atoms with Gasteiger partial charge in [0.15, 0.2) is 0 Å². The highest BCUT2D eigenvalue weighted by molar-refractivity contribution is 8.87. The van der Waals surface area contributed by atoms with E-state index in [-0.39, 0.29) is 10.2 Å². The highest BCUT2D eigenvalue weighted by Crippen LogP contribution is 2.27. The Hall–Kier alpha value is -0.560. The SMILES string of the molecule is O=C(Cc1cccs1)SSC(=O)Cc1cccs1. The fraction of sp³-hybridized carbons (Fsp3) is 0.167. The first kappa shape index (κ1) is 13.9. The Labute approximate surface area is 121 Å². The molecular formula is C12H10O2S4. The number of rotatable bonds is 4. The van der Waals surface area contributed by atoms with Crippen LogP contribution < -0.4 is 0 Å². The summed E-state index contributed by atoms with van der Waals surface area (Å²) in [6.45, 7) is 0. The average molecular weight is 314 g/mol. The Morgan fingerprint density at radius 3 is 1.67 bits per heavy atom. The lowest BCUT2D eigenvalue weighted by Gasteiger charge is -1.98. The van der Waals surface area contributed by atoms with Crippen molar-refractivity contribution in [1.29, 1.82) is 0 Å². The predicted octanol–water partition coefficient (Wildman–Crippen LogP) is 4.03. The third-order valence-electron chi connectivity index (χ3n) is 2.02. The number of thiophene rings is 2. The highest BCUT2D eigenvalue weighted by Gasteiger charge is 2.11. The van der Waals surface area contributed by atoms with Gasteiger partial charge >= 0.3 is 0 Å². The molecule has 2 heterocycles. The van der Waals surface area contributed by atoms with E-state index in [1.807, 2.05) is 35.0 Å². The smallest absolute Gasteiger partial charge is 0.205 e. The second-order valence-corrected chi connectivity index (χ2v) is 7.73. The molecule has 0 atom stereocenters. The second kappa shape index (κ2) is 7.13. The molecule has 6 heteroatoms. The van der Waals surface area contributed by atoms with Gasteiger partial charge in [0.2, 0.25) is 10.2 Å². The summed E-state index contributed by atoms with van der Waals surface area (Å²) < 4.78 is 0. The lowest BCUT2D eigenvalue weighted by Crippen LogP contribution is -1.97. The molecule has 0 unspecified atom stereocenters. The molecule has 0 aliphatic heterocycles. The molecule has 94 valence electrons. The molecule has 0 saturated carbocycles. The Morgan fingerprint density at radius 2 is 1.33 bits per heavy atom. The standard InChI is InChI=1S/C12H10O2S4/c13-11(7-9-3-1-5-15-9)17-18-12(14)8-10-4-2-6-16-10/h1-6H,7-8H2. The minimum absolute atomic E-state index is 0.0296. The number of carbonyl (C=O) groups is 2. The predicted molar refractivity (Wildman–Crippen MR) is 81.2 cm³/mol. The Morgan fingerprint density at radius 1 is 0.889 bits per heavy atom. The van der Waals surface area contributed by atoms with Gasteiger partial charge in [0.05, 0.1) is 12.8 Å². The van der Waals surface area contributed by atoms with Crippen LogP contribution in [-0.4, -0.2) is 10.2 Å². The van der Waals surface area contributed by atoms with Crippen LogP contribution in [0.1, 0.15) is 9.75 Å². The zero-order valence-electron chi connectivity index (χ0n) is 9.33. The molecule has 2 rings (SSSR count). The molecule has 2 aromatic heterocycles. The first-order valence-electron chi connectivity index (χ1n) is 5.19. The molecule has 0 aromatic carbocycles. The summed E-state index contributed by atoms with van der Waals surface area (Å²) >= 11 is 3.13. The van der Waals surface area contributed by atoms with E-state index in [0.717, 1.165) is 31.3 Å². The average Bonchev–Trinajstić information content (AvgIpc) is 2.99. The van der Waals surface area contributed by atoms with E-state index >= 15 is 0 Å². The van der Waals surface area contributed by atoms with Crippen molar-refractivity contribution in [3.63, 3.8) is 0 Å². The number of hydrogen-bond donors (Lipinski definition) is 0. The number of carbonyl (C=O) groups excluding carboxylic acids is 2. The first-order valence-corrected chi connectivity index (χ1v) is 9.10. The van der Waals surface area contributed by atoms with Gasteiger partial charge in [0.1, 0.15) is 0 Å². The van der Waals surface area contributed by atoms with Crippen molar-refractivity contribution in [2.45, 2.75) is 12.8 Å². The summed E-state index contributed by atoms with van der Waals surface area (Å²) in [7, 11) is 2.09. The van der Waals surface area contributed by atoms with Gasteiger partial charge in [-0.15, -0.1) is 22.7 Å². The quantitative estimate of drug-likeness (QED) is 0.798. The zero-order chi connectivity index (χ0) is 12.8. The summed E-state index contributed by atoms with van der Waals surface area (Å²) in [6.07, 6.45) is 0.809. The summed E-state index contributed by atoms with van der Waals surface area (Å²) in [4.78, 5) is 25.3. The van der Waals surface area contributed by atoms with Gasteiger partial charge in [-0.2, -0.15) is 0 Å². The molecule has 0 saturated heterocycles. The summed E-state index contributed by atoms with van der Waals surface area (Å²) in [6, 6.07) is 7.71. The lowest BCUT2D eigenvalue weighted by atomic mass is 10.4. The maximum absolute atomic E-state index is 11.6. The van der Waals surface area contributed by atoms with Crippen molar-refractivity contribution in [2.24, 2.45) is 0 Å². The van der Waals surface area contributed by atoms with E-state index in [1.165, 1.54) is 0 Å². The van der Waals surface area contributed by atoms with Gasteiger partial charge in [-0.3, -0.25) is 9.59 Å². The highest BCUT2D eigenvalue weighted by atomic mass is 33.1. The van der Waals surface area contributed by atoms with E-state index < -0.39 is 0 Å². The van der Waals surface area contributed by atoms with Gasteiger partial charge in [0, 0.05) is 9.75 Å². The normalized spacial score (nSPS) is 10.4. The molecule has 18 heavy (non-hydrogen) atoms. The van der Waals surface area contributed by atoms with Crippen LogP contribution in [0, 0.1) is 0 Å². The molecule has 0 amide bonds. The van der Waals surface area contributed by atoms with Crippen LogP contribution in [0.2, 0.25) is 0 Å². The molecular weight excluding hydrogens is 304 g/mol. The molecule has 0 radical (unpaired) electrons. The van der Waals surface area contributed by atoms with Gasteiger partial charge in [0.25, 0.3) is 0 Å². The summed E-state index contributed by atoms with van der Waals surface area (Å²) in [5, 5.41) is 3.95. The Kier molecular flexibility index (Phi) is 5.49. The fourth-order valence-corrected chi connectivity index (χ4v) is 4.38. The van der Waals surface area contributed by atoms with Gasteiger partial charge < -0.3 is 0 Å². The third-order valence-corrected chi connectivity index (χ3v) is 5.89. The molecule has 0 bridgehead atoms. The minimum atomic E-state index is 0.0296. The second-order valence-electron chi connectivity index (χ2n) is 3.42. The molecule has 2 aromatic rings. The Bertz CT molecular complexity index is 454. The van der Waals surface area contributed by atoms with Gasteiger partial charge in [-0.25, -0.2) is 0 Å².